The van der Waals surface area contributed by atoms with Crippen LogP contribution in [0.1, 0.15) is 119 Å². The Hall–Kier alpha value is -7.29. The lowest BCUT2D eigenvalue weighted by molar-refractivity contribution is -0.157. The van der Waals surface area contributed by atoms with Gasteiger partial charge in [-0.2, -0.15) is 0 Å². The van der Waals surface area contributed by atoms with Crippen LogP contribution in [0, 0.1) is 17.8 Å². The number of aliphatic hydroxyl groups excluding tert-OH is 1. The number of carboxylic acid groups (broad SMARTS) is 1. The Bertz CT molecular complexity index is 2350. The van der Waals surface area contributed by atoms with Crippen LogP contribution in [0.2, 0.25) is 0 Å². The van der Waals surface area contributed by atoms with E-state index in [0.717, 1.165) is 19.8 Å². The van der Waals surface area contributed by atoms with Crippen molar-refractivity contribution in [1.29, 1.82) is 0 Å². The van der Waals surface area contributed by atoms with Gasteiger partial charge in [0.05, 0.1) is 18.9 Å². The number of rotatable bonds is 19. The van der Waals surface area contributed by atoms with Crippen LogP contribution in [0.25, 0.3) is 0 Å². The molecule has 1 saturated heterocycles. The third-order valence-electron chi connectivity index (χ3n) is 12.8. The minimum Gasteiger partial charge on any atom is -0.481 e. The third kappa shape index (κ3) is 25.4. The summed E-state index contributed by atoms with van der Waals surface area (Å²) in [5.74, 6) is -11.9. The lowest BCUT2D eigenvalue weighted by Crippen LogP contribution is -2.62. The highest BCUT2D eigenvalue weighted by atomic mass is 16.5. The zero-order chi connectivity index (χ0) is 60.9. The Morgan fingerprint density at radius 1 is 0.630 bits per heavy atom. The van der Waals surface area contributed by atoms with E-state index in [1.807, 2.05) is 12.2 Å². The number of allylic oxidation sites excluding steroid dienone is 3. The van der Waals surface area contributed by atoms with Crippen molar-refractivity contribution in [2.75, 3.05) is 19.6 Å². The number of ether oxygens (including phenoxy) is 1. The number of unbranched alkanes of at least 4 members (excludes halogenated alkanes) is 1. The first-order valence-electron chi connectivity index (χ1n) is 27.5. The number of carbonyl (C=O) groups excluding carboxylic acids is 10. The summed E-state index contributed by atoms with van der Waals surface area (Å²) in [4.78, 5) is 152. The second-order valence-electron chi connectivity index (χ2n) is 21.1. The number of hydrogen-bond donors (Lipinski definition) is 14. The van der Waals surface area contributed by atoms with Crippen molar-refractivity contribution in [1.82, 2.24) is 47.9 Å². The molecule has 9 amide bonds. The monoisotopic (exact) mass is 1140 g/mol. The third-order valence-corrected chi connectivity index (χ3v) is 12.8. The molecule has 0 radical (unpaired) electrons. The molecule has 452 valence electrons. The van der Waals surface area contributed by atoms with Crippen LogP contribution in [0.3, 0.4) is 0 Å². The maximum absolute atomic E-state index is 14.3. The fourth-order valence-electron chi connectivity index (χ4n) is 8.30. The fourth-order valence-corrected chi connectivity index (χ4v) is 8.30. The van der Waals surface area contributed by atoms with Gasteiger partial charge in [-0.1, -0.05) is 90.1 Å². The molecule has 0 aliphatic carbocycles. The molecule has 2 rings (SSSR count). The Morgan fingerprint density at radius 2 is 1.17 bits per heavy atom. The van der Waals surface area contributed by atoms with Gasteiger partial charge in [0, 0.05) is 19.5 Å². The first-order valence-corrected chi connectivity index (χ1v) is 27.5. The highest BCUT2D eigenvalue weighted by molar-refractivity contribution is 6.02. The average Bonchev–Trinajstić information content (AvgIpc) is 3.42. The molecule has 1 aliphatic heterocycles. The fraction of sp³-hybridized carbons (Fsp3) is 0.618. The van der Waals surface area contributed by atoms with Crippen LogP contribution in [-0.4, -0.2) is 155 Å². The predicted molar refractivity (Wildman–Crippen MR) is 299 cm³/mol. The van der Waals surface area contributed by atoms with E-state index in [9.17, 15) is 63.0 Å². The van der Waals surface area contributed by atoms with E-state index >= 15 is 0 Å². The van der Waals surface area contributed by atoms with Gasteiger partial charge >= 0.3 is 11.9 Å². The Labute approximate surface area is 473 Å². The Kier molecular flexibility index (Phi) is 31.2. The number of benzene rings is 1. The van der Waals surface area contributed by atoms with E-state index in [-0.39, 0.29) is 38.1 Å². The smallest absolute Gasteiger partial charge is 0.329 e. The van der Waals surface area contributed by atoms with Gasteiger partial charge in [-0.05, 0) is 88.7 Å². The number of nitrogens with one attached hydrogen (secondary N) is 9. The lowest BCUT2D eigenvalue weighted by Gasteiger charge is -2.28. The molecule has 0 saturated carbocycles. The number of aliphatic carboxylic acids is 1. The minimum atomic E-state index is -1.87. The first-order chi connectivity index (χ1) is 38.2. The van der Waals surface area contributed by atoms with Gasteiger partial charge in [0.2, 0.25) is 47.3 Å². The number of cyclic esters (lactones) is 1. The van der Waals surface area contributed by atoms with Crippen molar-refractivity contribution < 1.29 is 67.7 Å². The minimum absolute atomic E-state index is 0.0221. The summed E-state index contributed by atoms with van der Waals surface area (Å²) in [6.45, 7) is 12.2. The molecular weight excluding hydrogens is 1050 g/mol. The van der Waals surface area contributed by atoms with E-state index in [1.54, 1.807) is 58.0 Å². The van der Waals surface area contributed by atoms with Crippen LogP contribution in [-0.2, 0) is 63.9 Å². The number of esters is 1. The van der Waals surface area contributed by atoms with Crippen molar-refractivity contribution in [2.45, 2.75) is 180 Å². The van der Waals surface area contributed by atoms with Crippen LogP contribution < -0.4 is 65.1 Å². The summed E-state index contributed by atoms with van der Waals surface area (Å²) in [7, 11) is 0. The second-order valence-corrected chi connectivity index (χ2v) is 21.1. The van der Waals surface area contributed by atoms with E-state index < -0.39 is 163 Å². The quantitative estimate of drug-likeness (QED) is 0.0322. The van der Waals surface area contributed by atoms with Crippen LogP contribution in [0.15, 0.2) is 54.3 Å². The Morgan fingerprint density at radius 3 is 1.73 bits per heavy atom. The molecule has 0 spiro atoms. The summed E-state index contributed by atoms with van der Waals surface area (Å²) in [5, 5.41) is 42.9. The highest BCUT2D eigenvalue weighted by Crippen LogP contribution is 2.16. The number of carboxylic acids is 1. The van der Waals surface area contributed by atoms with Gasteiger partial charge < -0.3 is 80.0 Å². The molecule has 26 heteroatoms. The SMILES string of the molecule is C/C=C1/NC(=O)[C@H](CCN)NC(=O)[C@H](CC(C)C)NC(=O)[C@H](CN)NC(=O)C[C@@H](CCCC=CCCC(C)C)OC(=O)[C@H](CC(=O)O)NC(=O)[C@H](C(C)C)NC(=O)[C@@H](Cc2ccccc2)NC(=O)[C@H](CN)NC(=O)[C@H]([C@@H](C)O)NC1=O. The molecule has 1 aliphatic rings. The van der Waals surface area contributed by atoms with E-state index in [4.69, 9.17) is 21.9 Å². The molecule has 1 aromatic rings. The zero-order valence-corrected chi connectivity index (χ0v) is 47.8. The molecule has 1 heterocycles. The first kappa shape index (κ1) is 69.8. The maximum Gasteiger partial charge on any atom is 0.329 e. The molecule has 10 atom stereocenters. The van der Waals surface area contributed by atoms with Crippen molar-refractivity contribution in [3.8, 4) is 0 Å². The molecule has 81 heavy (non-hydrogen) atoms. The van der Waals surface area contributed by atoms with Gasteiger partial charge in [-0.3, -0.25) is 47.9 Å². The van der Waals surface area contributed by atoms with Crippen molar-refractivity contribution in [2.24, 2.45) is 35.0 Å². The number of nitrogens with two attached hydrogens (primary N) is 3. The zero-order valence-electron chi connectivity index (χ0n) is 47.8. The lowest BCUT2D eigenvalue weighted by atomic mass is 10.00. The molecule has 17 N–H and O–H groups in total. The molecular formula is C55H88N12O14. The predicted octanol–water partition coefficient (Wildman–Crippen LogP) is -1.57. The standard InChI is InChI=1S/C55H88N12O14/c1-9-36-47(72)67-46(33(8)68)54(79)65-42(29-58)52(77)63-39(25-34-19-15-13-16-20-34)50(75)66-45(32(6)7)53(78)64-40(27-44(70)71)55(80)81-35(21-17-12-10-11-14-18-30(2)3)26-43(69)59-41(28-57)51(76)62-38(24-31(4)5)49(74)61-37(22-23-56)48(73)60-36/h9-11,13,15-16,19-20,30-33,35,37-42,45-46,68H,12,14,17-18,21-29,56-58H2,1-8H3,(H,59,69)(H,60,73)(H,61,74)(H,62,76)(H,63,77)(H,64,78)(H,65,79)(H,66,75)(H,67,72)(H,70,71)/b11-10?,36-9+/t33-,35-,37+,38+,39-,40+,41+,42+,45+,46+/m1/s1. The van der Waals surface area contributed by atoms with Gasteiger partial charge in [0.15, 0.2) is 0 Å². The summed E-state index contributed by atoms with van der Waals surface area (Å²) in [6, 6.07) is -4.03. The molecule has 0 unspecified atom stereocenters. The van der Waals surface area contributed by atoms with Gasteiger partial charge in [0.1, 0.15) is 60.1 Å². The van der Waals surface area contributed by atoms with Crippen molar-refractivity contribution in [3.63, 3.8) is 0 Å². The van der Waals surface area contributed by atoms with E-state index in [2.05, 4.69) is 61.7 Å². The summed E-state index contributed by atoms with van der Waals surface area (Å²) in [5.41, 5.74) is 17.9. The van der Waals surface area contributed by atoms with Gasteiger partial charge in [0.25, 0.3) is 5.91 Å². The number of amides is 9. The van der Waals surface area contributed by atoms with Gasteiger partial charge in [-0.15, -0.1) is 0 Å². The number of hydrogen-bond acceptors (Lipinski definition) is 16. The van der Waals surface area contributed by atoms with E-state index in [1.165, 1.54) is 13.0 Å². The molecule has 1 fully saturated rings. The average molecular weight is 1140 g/mol. The molecule has 0 aromatic heterocycles. The summed E-state index contributed by atoms with van der Waals surface area (Å²) < 4.78 is 5.79. The highest BCUT2D eigenvalue weighted by Gasteiger charge is 2.37. The Balaban J connectivity index is 2.77. The largest absolute Gasteiger partial charge is 0.481 e. The summed E-state index contributed by atoms with van der Waals surface area (Å²) in [6.07, 6.45) is 3.07. The number of carbonyl (C=O) groups is 11. The van der Waals surface area contributed by atoms with E-state index in [0.29, 0.717) is 24.3 Å². The summed E-state index contributed by atoms with van der Waals surface area (Å²) >= 11 is 0. The number of aliphatic hydroxyl groups is 1. The van der Waals surface area contributed by atoms with Crippen LogP contribution >= 0.6 is 0 Å². The molecule has 26 nitrogen and oxygen atoms in total. The van der Waals surface area contributed by atoms with Crippen LogP contribution in [0.5, 0.6) is 0 Å². The molecule has 0 bridgehead atoms. The van der Waals surface area contributed by atoms with Crippen LogP contribution in [0.4, 0.5) is 0 Å². The van der Waals surface area contributed by atoms with Crippen molar-refractivity contribution in [3.05, 3.63) is 59.8 Å². The molecule has 1 aromatic carbocycles. The van der Waals surface area contributed by atoms with Crippen molar-refractivity contribution >= 4 is 65.1 Å². The topological polar surface area (TPSA) is 424 Å². The van der Waals surface area contributed by atoms with Gasteiger partial charge in [-0.25, -0.2) is 4.79 Å². The normalized spacial score (nSPS) is 25.3. The maximum atomic E-state index is 14.3. The second kappa shape index (κ2) is 36.1.